The molecule has 1 atom stereocenters. The topological polar surface area (TPSA) is 75.1 Å². The first-order chi connectivity index (χ1) is 9.88. The molecule has 0 amide bonds. The maximum absolute atomic E-state index is 13.2. The van der Waals surface area contributed by atoms with Crippen LogP contribution < -0.4 is 5.32 Å². The van der Waals surface area contributed by atoms with Gasteiger partial charge in [0.25, 0.3) is 5.92 Å². The minimum absolute atomic E-state index is 0.0540. The Hall–Kier alpha value is -1.93. The summed E-state index contributed by atoms with van der Waals surface area (Å²) in [6, 6.07) is 3.26. The fourth-order valence-corrected chi connectivity index (χ4v) is 2.29. The molecular formula is C13H13F2N3O2S. The van der Waals surface area contributed by atoms with Gasteiger partial charge in [-0.2, -0.15) is 8.78 Å². The van der Waals surface area contributed by atoms with Crippen LogP contribution in [0.25, 0.3) is 0 Å². The van der Waals surface area contributed by atoms with Gasteiger partial charge in [0, 0.05) is 18.8 Å². The number of carbonyl (C=O) groups is 1. The highest BCUT2D eigenvalue weighted by atomic mass is 32.1. The van der Waals surface area contributed by atoms with E-state index in [0.717, 1.165) is 6.92 Å². The van der Waals surface area contributed by atoms with E-state index in [9.17, 15) is 13.6 Å². The molecule has 0 saturated carbocycles. The van der Waals surface area contributed by atoms with Crippen LogP contribution in [-0.4, -0.2) is 21.0 Å². The average Bonchev–Trinajstić information content (AvgIpc) is 2.92. The van der Waals surface area contributed by atoms with E-state index in [0.29, 0.717) is 11.4 Å². The van der Waals surface area contributed by atoms with Gasteiger partial charge < -0.3 is 5.11 Å². The summed E-state index contributed by atoms with van der Waals surface area (Å²) >= 11 is 1.28. The van der Waals surface area contributed by atoms with Gasteiger partial charge in [0.05, 0.1) is 16.9 Å². The molecule has 0 aliphatic carbocycles. The van der Waals surface area contributed by atoms with Crippen LogP contribution in [0.2, 0.25) is 0 Å². The summed E-state index contributed by atoms with van der Waals surface area (Å²) in [5.74, 6) is -4.12. The van der Waals surface area contributed by atoms with Crippen molar-refractivity contribution in [1.29, 1.82) is 0 Å². The van der Waals surface area contributed by atoms with Crippen LogP contribution in [0.4, 0.5) is 8.78 Å². The van der Waals surface area contributed by atoms with E-state index >= 15 is 0 Å². The smallest absolute Gasteiger partial charge is 0.327 e. The first-order valence-corrected chi connectivity index (χ1v) is 7.00. The van der Waals surface area contributed by atoms with E-state index in [4.69, 9.17) is 5.11 Å². The number of pyridine rings is 1. The largest absolute Gasteiger partial charge is 0.480 e. The summed E-state index contributed by atoms with van der Waals surface area (Å²) in [6.45, 7) is 0.820. The summed E-state index contributed by atoms with van der Waals surface area (Å²) < 4.78 is 26.4. The lowest BCUT2D eigenvalue weighted by Crippen LogP contribution is -2.29. The number of rotatable bonds is 6. The van der Waals surface area contributed by atoms with Crippen molar-refractivity contribution in [3.8, 4) is 0 Å². The van der Waals surface area contributed by atoms with Crippen molar-refractivity contribution in [2.45, 2.75) is 25.4 Å². The highest BCUT2D eigenvalue weighted by Gasteiger charge is 2.26. The summed E-state index contributed by atoms with van der Waals surface area (Å²) in [4.78, 5) is 19.0. The Bertz CT molecular complexity index is 614. The Morgan fingerprint density at radius 2 is 2.29 bits per heavy atom. The maximum atomic E-state index is 13.2. The number of nitrogens with one attached hydrogen (secondary N) is 1. The van der Waals surface area contributed by atoms with Crippen molar-refractivity contribution in [3.05, 3.63) is 46.2 Å². The molecule has 112 valence electrons. The van der Waals surface area contributed by atoms with Gasteiger partial charge in [0.2, 0.25) is 0 Å². The third kappa shape index (κ3) is 4.02. The lowest BCUT2D eigenvalue weighted by atomic mass is 10.2. The van der Waals surface area contributed by atoms with E-state index in [1.54, 1.807) is 11.4 Å². The molecule has 5 nitrogen and oxygen atoms in total. The van der Waals surface area contributed by atoms with Gasteiger partial charge in [0.1, 0.15) is 11.7 Å². The monoisotopic (exact) mass is 313 g/mol. The minimum Gasteiger partial charge on any atom is -0.480 e. The summed E-state index contributed by atoms with van der Waals surface area (Å²) in [6.07, 6.45) is 0. The van der Waals surface area contributed by atoms with E-state index in [-0.39, 0.29) is 12.2 Å². The fourth-order valence-electron chi connectivity index (χ4n) is 1.71. The van der Waals surface area contributed by atoms with E-state index in [1.807, 2.05) is 0 Å². The van der Waals surface area contributed by atoms with Gasteiger partial charge in [0.15, 0.2) is 0 Å². The Morgan fingerprint density at radius 3 is 2.86 bits per heavy atom. The Balaban J connectivity index is 2.10. The summed E-state index contributed by atoms with van der Waals surface area (Å²) in [5.41, 5.74) is 1.91. The molecule has 2 N–H and O–H groups in total. The standard InChI is InChI=1S/C13H13F2N3O2S/c1-13(14,15)10-4-2-3-8(18-10)5-16-11(12(19)20)9-6-21-7-17-9/h2-4,6-7,11,16H,5H2,1H3,(H,19,20). The highest BCUT2D eigenvalue weighted by molar-refractivity contribution is 7.07. The van der Waals surface area contributed by atoms with Gasteiger partial charge in [-0.25, -0.2) is 4.98 Å². The number of hydrogen-bond donors (Lipinski definition) is 2. The van der Waals surface area contributed by atoms with Crippen molar-refractivity contribution >= 4 is 17.3 Å². The van der Waals surface area contributed by atoms with Crippen LogP contribution in [0.3, 0.4) is 0 Å². The lowest BCUT2D eigenvalue weighted by Gasteiger charge is -2.14. The number of carboxylic acid groups (broad SMARTS) is 1. The second-order valence-corrected chi connectivity index (χ2v) is 5.19. The Morgan fingerprint density at radius 1 is 1.52 bits per heavy atom. The zero-order valence-electron chi connectivity index (χ0n) is 11.1. The molecule has 2 rings (SSSR count). The molecule has 1 unspecified atom stereocenters. The number of thiazole rings is 1. The predicted molar refractivity (Wildman–Crippen MR) is 73.1 cm³/mol. The molecule has 0 aromatic carbocycles. The van der Waals surface area contributed by atoms with Crippen molar-refractivity contribution in [2.75, 3.05) is 0 Å². The van der Waals surface area contributed by atoms with Crippen LogP contribution in [0.1, 0.15) is 30.0 Å². The van der Waals surface area contributed by atoms with E-state index < -0.39 is 17.9 Å². The molecule has 8 heteroatoms. The highest BCUT2D eigenvalue weighted by Crippen LogP contribution is 2.25. The van der Waals surface area contributed by atoms with Crippen LogP contribution in [0, 0.1) is 0 Å². The quantitative estimate of drug-likeness (QED) is 0.857. The zero-order valence-corrected chi connectivity index (χ0v) is 11.9. The molecule has 0 saturated heterocycles. The number of aromatic nitrogens is 2. The minimum atomic E-state index is -3.03. The van der Waals surface area contributed by atoms with Crippen LogP contribution in [0.5, 0.6) is 0 Å². The van der Waals surface area contributed by atoms with Crippen LogP contribution in [-0.2, 0) is 17.3 Å². The van der Waals surface area contributed by atoms with Gasteiger partial charge >= 0.3 is 5.97 Å². The van der Waals surface area contributed by atoms with Crippen molar-refractivity contribution in [1.82, 2.24) is 15.3 Å². The molecule has 2 aromatic heterocycles. The third-order valence-electron chi connectivity index (χ3n) is 2.74. The SMILES string of the molecule is CC(F)(F)c1cccc(CNC(C(=O)O)c2cscn2)n1. The van der Waals surface area contributed by atoms with Gasteiger partial charge in [-0.1, -0.05) is 6.07 Å². The second kappa shape index (κ2) is 6.23. The third-order valence-corrected chi connectivity index (χ3v) is 3.34. The Kier molecular flexibility index (Phi) is 4.59. The van der Waals surface area contributed by atoms with Gasteiger partial charge in [-0.15, -0.1) is 11.3 Å². The number of aliphatic carboxylic acids is 1. The van der Waals surface area contributed by atoms with E-state index in [1.165, 1.54) is 29.0 Å². The molecule has 0 aliphatic rings. The predicted octanol–water partition coefficient (Wildman–Crippen LogP) is 2.57. The first-order valence-electron chi connectivity index (χ1n) is 6.06. The van der Waals surface area contributed by atoms with Crippen molar-refractivity contribution < 1.29 is 18.7 Å². The number of hydrogen-bond acceptors (Lipinski definition) is 5. The van der Waals surface area contributed by atoms with E-state index in [2.05, 4.69) is 15.3 Å². The van der Waals surface area contributed by atoms with Gasteiger partial charge in [-0.3, -0.25) is 15.1 Å². The number of nitrogens with zero attached hydrogens (tertiary/aromatic N) is 2. The zero-order chi connectivity index (χ0) is 15.5. The number of carboxylic acids is 1. The average molecular weight is 313 g/mol. The molecule has 0 bridgehead atoms. The summed E-state index contributed by atoms with van der Waals surface area (Å²) in [5, 5.41) is 13.5. The van der Waals surface area contributed by atoms with Crippen molar-refractivity contribution in [2.24, 2.45) is 0 Å². The molecule has 2 aromatic rings. The fraction of sp³-hybridized carbons (Fsp3) is 0.308. The Labute approximate surface area is 123 Å². The molecule has 0 radical (unpaired) electrons. The molecule has 0 fully saturated rings. The van der Waals surface area contributed by atoms with Crippen LogP contribution in [0.15, 0.2) is 29.1 Å². The maximum Gasteiger partial charge on any atom is 0.327 e. The summed E-state index contributed by atoms with van der Waals surface area (Å²) in [7, 11) is 0. The molecule has 0 spiro atoms. The number of halogens is 2. The molecule has 0 aliphatic heterocycles. The molecular weight excluding hydrogens is 300 g/mol. The number of alkyl halides is 2. The molecule has 2 heterocycles. The van der Waals surface area contributed by atoms with Crippen molar-refractivity contribution in [3.63, 3.8) is 0 Å². The lowest BCUT2D eigenvalue weighted by molar-refractivity contribution is -0.139. The van der Waals surface area contributed by atoms with Crippen LogP contribution >= 0.6 is 11.3 Å². The normalized spacial score (nSPS) is 13.1. The second-order valence-electron chi connectivity index (χ2n) is 4.47. The first kappa shape index (κ1) is 15.5. The van der Waals surface area contributed by atoms with Gasteiger partial charge in [-0.05, 0) is 12.1 Å². The molecule has 21 heavy (non-hydrogen) atoms.